The molecule has 0 bridgehead atoms. The molecular weight excluding hydrogens is 156 g/mol. The summed E-state index contributed by atoms with van der Waals surface area (Å²) in [5.74, 6) is -0.0408. The van der Waals surface area contributed by atoms with E-state index >= 15 is 0 Å². The average Bonchev–Trinajstić information content (AvgIpc) is 1.85. The Kier molecular flexibility index (Phi) is 4.41. The van der Waals surface area contributed by atoms with Crippen molar-refractivity contribution >= 4 is 16.5 Å². The smallest absolute Gasteiger partial charge is 0.291 e. The minimum absolute atomic E-state index is 0.0408. The first-order chi connectivity index (χ1) is 4.95. The van der Waals surface area contributed by atoms with E-state index < -0.39 is 0 Å². The van der Waals surface area contributed by atoms with E-state index in [1.165, 1.54) is 0 Å². The van der Waals surface area contributed by atoms with Crippen LogP contribution in [0.2, 0.25) is 0 Å². The molecule has 11 heavy (non-hydrogen) atoms. The highest BCUT2D eigenvalue weighted by Crippen LogP contribution is 2.21. The summed E-state index contributed by atoms with van der Waals surface area (Å²) >= 11 is 0. The molecule has 0 saturated carbocycles. The normalized spacial score (nSPS) is 11.5. The molecule has 0 spiro atoms. The second kappa shape index (κ2) is 4.54. The number of hydrogen-bond donors (Lipinski definition) is 0. The third kappa shape index (κ3) is 7.59. The van der Waals surface area contributed by atoms with E-state index in [1.807, 2.05) is 0 Å². The Balaban J connectivity index is 3.35. The molecule has 0 amide bonds. The number of carbonyl (C=O) groups excluding carboxylic acids is 1. The summed E-state index contributed by atoms with van der Waals surface area (Å²) in [5.41, 5.74) is 0.339. The van der Waals surface area contributed by atoms with Gasteiger partial charge in [0, 0.05) is 6.42 Å². The number of carbonyl (C=O) groups is 1. The van der Waals surface area contributed by atoms with Crippen LogP contribution in [0.1, 0.15) is 40.0 Å². The summed E-state index contributed by atoms with van der Waals surface area (Å²) in [4.78, 5) is 10.7. The van der Waals surface area contributed by atoms with Crippen molar-refractivity contribution in [3.05, 3.63) is 0 Å². The molecule has 0 aromatic heterocycles. The van der Waals surface area contributed by atoms with E-state index in [1.54, 1.807) is 0 Å². The van der Waals surface area contributed by atoms with E-state index in [4.69, 9.17) is 0 Å². The average molecular weight is 174 g/mol. The minimum atomic E-state index is -0.0408. The highest BCUT2D eigenvalue weighted by molar-refractivity contribution is 6.05. The zero-order valence-corrected chi connectivity index (χ0v) is 9.94. The first-order valence-corrected chi connectivity index (χ1v) is 4.84. The van der Waals surface area contributed by atoms with E-state index in [9.17, 15) is 4.79 Å². The first kappa shape index (κ1) is 10.7. The van der Waals surface area contributed by atoms with Crippen molar-refractivity contribution in [3.63, 3.8) is 0 Å². The van der Waals surface area contributed by atoms with Crippen molar-refractivity contribution in [2.75, 3.05) is 0 Å². The molecule has 0 aromatic rings. The molecule has 0 fully saturated rings. The van der Waals surface area contributed by atoms with Crippen molar-refractivity contribution in [1.82, 2.24) is 0 Å². The molecule has 0 aliphatic rings. The van der Waals surface area contributed by atoms with Crippen molar-refractivity contribution in [1.29, 1.82) is 0 Å². The van der Waals surface area contributed by atoms with Crippen LogP contribution in [0.4, 0.5) is 0 Å². The quantitative estimate of drug-likeness (QED) is 0.597. The Labute approximate surface area is 71.9 Å². The van der Waals surface area contributed by atoms with Crippen molar-refractivity contribution in [2.45, 2.75) is 40.0 Å². The van der Waals surface area contributed by atoms with E-state index in [2.05, 4.69) is 25.2 Å². The van der Waals surface area contributed by atoms with Gasteiger partial charge in [0.25, 0.3) is 5.97 Å². The van der Waals surface area contributed by atoms with Crippen LogP contribution in [0, 0.1) is 5.41 Å². The van der Waals surface area contributed by atoms with Crippen molar-refractivity contribution < 1.29 is 9.22 Å². The van der Waals surface area contributed by atoms with Crippen LogP contribution in [0.3, 0.4) is 0 Å². The fraction of sp³-hybridized carbons (Fsp3) is 0.875. The summed E-state index contributed by atoms with van der Waals surface area (Å²) in [7, 11) is 0.529. The molecule has 3 heteroatoms. The largest absolute Gasteiger partial charge is 0.529 e. The standard InChI is InChI=1S/C8H18O2Si/c1-8(2,3)6-4-5-7(9)10-11/h4-6H2,1-3,11H3. The van der Waals surface area contributed by atoms with E-state index in [0.29, 0.717) is 22.3 Å². The van der Waals surface area contributed by atoms with Crippen LogP contribution in [-0.2, 0) is 9.22 Å². The molecule has 0 radical (unpaired) electrons. The van der Waals surface area contributed by atoms with E-state index in [0.717, 1.165) is 12.8 Å². The SMILES string of the molecule is CC(C)(C)CCCC(=O)O[SiH3]. The van der Waals surface area contributed by atoms with Gasteiger partial charge < -0.3 is 4.43 Å². The molecule has 66 valence electrons. The van der Waals surface area contributed by atoms with Gasteiger partial charge in [0.15, 0.2) is 0 Å². The summed E-state index contributed by atoms with van der Waals surface area (Å²) in [6.45, 7) is 6.54. The predicted molar refractivity (Wildman–Crippen MR) is 49.3 cm³/mol. The second-order valence-corrected chi connectivity index (χ2v) is 4.40. The third-order valence-electron chi connectivity index (χ3n) is 1.54. The monoisotopic (exact) mass is 174 g/mol. The first-order valence-electron chi connectivity index (χ1n) is 4.02. The van der Waals surface area contributed by atoms with Gasteiger partial charge in [-0.2, -0.15) is 0 Å². The van der Waals surface area contributed by atoms with Gasteiger partial charge in [-0.3, -0.25) is 4.79 Å². The molecule has 0 heterocycles. The predicted octanol–water partition coefficient (Wildman–Crippen LogP) is 1.03. The van der Waals surface area contributed by atoms with Crippen molar-refractivity contribution in [3.8, 4) is 0 Å². The van der Waals surface area contributed by atoms with Gasteiger partial charge >= 0.3 is 0 Å². The summed E-state index contributed by atoms with van der Waals surface area (Å²) in [6, 6.07) is 0. The van der Waals surface area contributed by atoms with Crippen LogP contribution in [0.25, 0.3) is 0 Å². The Morgan fingerprint density at radius 1 is 1.45 bits per heavy atom. The minimum Gasteiger partial charge on any atom is -0.529 e. The lowest BCUT2D eigenvalue weighted by Crippen LogP contribution is -2.07. The fourth-order valence-corrected chi connectivity index (χ4v) is 1.07. The van der Waals surface area contributed by atoms with Gasteiger partial charge in [-0.25, -0.2) is 0 Å². The van der Waals surface area contributed by atoms with Gasteiger partial charge in [-0.05, 0) is 18.3 Å². The topological polar surface area (TPSA) is 26.3 Å². The Morgan fingerprint density at radius 2 is 2.00 bits per heavy atom. The van der Waals surface area contributed by atoms with Crippen LogP contribution in [0.15, 0.2) is 0 Å². The Hall–Kier alpha value is -0.313. The fourth-order valence-electron chi connectivity index (χ4n) is 0.865. The van der Waals surface area contributed by atoms with Gasteiger partial charge in [-0.15, -0.1) is 0 Å². The molecule has 0 atom stereocenters. The highest BCUT2D eigenvalue weighted by atomic mass is 28.2. The molecule has 0 saturated heterocycles. The van der Waals surface area contributed by atoms with Crippen LogP contribution in [-0.4, -0.2) is 16.5 Å². The zero-order valence-electron chi connectivity index (χ0n) is 7.94. The van der Waals surface area contributed by atoms with Gasteiger partial charge in [-0.1, -0.05) is 20.8 Å². The molecular formula is C8H18O2Si. The van der Waals surface area contributed by atoms with Crippen LogP contribution < -0.4 is 0 Å². The van der Waals surface area contributed by atoms with Crippen LogP contribution in [0.5, 0.6) is 0 Å². The maximum Gasteiger partial charge on any atom is 0.291 e. The lowest BCUT2D eigenvalue weighted by atomic mass is 9.90. The van der Waals surface area contributed by atoms with E-state index in [-0.39, 0.29) is 5.97 Å². The van der Waals surface area contributed by atoms with Gasteiger partial charge in [0.05, 0.1) is 0 Å². The molecule has 0 aromatic carbocycles. The third-order valence-corrected chi connectivity index (χ3v) is 1.99. The molecule has 0 N–H and O–H groups in total. The molecule has 0 aliphatic carbocycles. The molecule has 2 nitrogen and oxygen atoms in total. The Bertz CT molecular complexity index is 127. The highest BCUT2D eigenvalue weighted by Gasteiger charge is 2.10. The van der Waals surface area contributed by atoms with Gasteiger partial charge in [0.2, 0.25) is 10.5 Å². The number of hydrogen-bond acceptors (Lipinski definition) is 2. The molecule has 0 rings (SSSR count). The molecule has 0 unspecified atom stereocenters. The maximum atomic E-state index is 10.7. The van der Waals surface area contributed by atoms with Gasteiger partial charge in [0.1, 0.15) is 0 Å². The van der Waals surface area contributed by atoms with Crippen molar-refractivity contribution in [2.24, 2.45) is 5.41 Å². The lowest BCUT2D eigenvalue weighted by Gasteiger charge is -2.16. The number of rotatable bonds is 3. The Morgan fingerprint density at radius 3 is 2.36 bits per heavy atom. The molecule has 0 aliphatic heterocycles. The summed E-state index contributed by atoms with van der Waals surface area (Å²) < 4.78 is 4.66. The lowest BCUT2D eigenvalue weighted by molar-refractivity contribution is -0.134. The summed E-state index contributed by atoms with van der Waals surface area (Å²) in [6.07, 6.45) is 2.62. The van der Waals surface area contributed by atoms with Crippen LogP contribution >= 0.6 is 0 Å². The maximum absolute atomic E-state index is 10.7. The zero-order chi connectivity index (χ0) is 8.91. The second-order valence-electron chi connectivity index (χ2n) is 3.99. The summed E-state index contributed by atoms with van der Waals surface area (Å²) in [5, 5.41) is 0.